The lowest BCUT2D eigenvalue weighted by atomic mass is 10.1. The van der Waals surface area contributed by atoms with Crippen molar-refractivity contribution in [3.05, 3.63) is 35.9 Å². The van der Waals surface area contributed by atoms with Gasteiger partial charge in [-0.1, -0.05) is 18.2 Å². The number of anilines is 1. The molecular weight excluding hydrogens is 198 g/mol. The number of fused-ring (bicyclic) bond motifs is 1. The molecule has 0 radical (unpaired) electrons. The van der Waals surface area contributed by atoms with Gasteiger partial charge < -0.3 is 10.2 Å². The zero-order chi connectivity index (χ0) is 11.5. The lowest BCUT2D eigenvalue weighted by Gasteiger charge is -2.17. The molecule has 1 N–H and O–H groups in total. The minimum atomic E-state index is 0.839. The zero-order valence-corrected chi connectivity index (χ0v) is 9.99. The summed E-state index contributed by atoms with van der Waals surface area (Å²) in [6.07, 6.45) is 0. The van der Waals surface area contributed by atoms with Gasteiger partial charge in [-0.3, -0.25) is 0 Å². The van der Waals surface area contributed by atoms with Crippen molar-refractivity contribution in [1.82, 2.24) is 10.3 Å². The van der Waals surface area contributed by atoms with Crippen LogP contribution in [-0.4, -0.2) is 26.1 Å². The van der Waals surface area contributed by atoms with Crippen molar-refractivity contribution < 1.29 is 0 Å². The van der Waals surface area contributed by atoms with Crippen molar-refractivity contribution in [3.63, 3.8) is 0 Å². The van der Waals surface area contributed by atoms with Crippen molar-refractivity contribution in [3.8, 4) is 0 Å². The second kappa shape index (κ2) is 4.49. The standard InChI is InChI=1S/C13H17N3/c1-14-9-11-8-10-6-4-5-7-12(10)15-13(11)16(2)3/h4-8,14H,9H2,1-3H3. The molecule has 0 saturated heterocycles. The molecule has 0 aliphatic rings. The Hall–Kier alpha value is -1.61. The molecule has 0 saturated carbocycles. The van der Waals surface area contributed by atoms with Crippen LogP contribution in [-0.2, 0) is 6.54 Å². The number of hydrogen-bond acceptors (Lipinski definition) is 3. The van der Waals surface area contributed by atoms with Gasteiger partial charge >= 0.3 is 0 Å². The first-order valence-electron chi connectivity index (χ1n) is 5.43. The van der Waals surface area contributed by atoms with Gasteiger partial charge in [-0.25, -0.2) is 4.98 Å². The van der Waals surface area contributed by atoms with Crippen LogP contribution < -0.4 is 10.2 Å². The summed E-state index contributed by atoms with van der Waals surface area (Å²) in [6.45, 7) is 0.839. The number of pyridine rings is 1. The van der Waals surface area contributed by atoms with Gasteiger partial charge in [0, 0.05) is 31.6 Å². The molecule has 0 fully saturated rings. The van der Waals surface area contributed by atoms with Gasteiger partial charge in [0.25, 0.3) is 0 Å². The van der Waals surface area contributed by atoms with E-state index in [1.807, 2.05) is 39.3 Å². The van der Waals surface area contributed by atoms with Crippen molar-refractivity contribution in [2.75, 3.05) is 26.0 Å². The number of nitrogens with zero attached hydrogens (tertiary/aromatic N) is 2. The van der Waals surface area contributed by atoms with Crippen LogP contribution in [0.3, 0.4) is 0 Å². The molecule has 2 aromatic rings. The van der Waals surface area contributed by atoms with E-state index in [0.717, 1.165) is 17.9 Å². The van der Waals surface area contributed by atoms with Crippen LogP contribution >= 0.6 is 0 Å². The van der Waals surface area contributed by atoms with Crippen LogP contribution in [0.1, 0.15) is 5.56 Å². The van der Waals surface area contributed by atoms with Crippen LogP contribution in [0, 0.1) is 0 Å². The summed E-state index contributed by atoms with van der Waals surface area (Å²) in [5.74, 6) is 1.04. The van der Waals surface area contributed by atoms with Crippen molar-refractivity contribution >= 4 is 16.7 Å². The highest BCUT2D eigenvalue weighted by atomic mass is 15.1. The molecule has 0 spiro atoms. The Labute approximate surface area is 96.1 Å². The monoisotopic (exact) mass is 215 g/mol. The fourth-order valence-corrected chi connectivity index (χ4v) is 1.86. The molecule has 84 valence electrons. The fourth-order valence-electron chi connectivity index (χ4n) is 1.86. The largest absolute Gasteiger partial charge is 0.362 e. The molecule has 0 unspecified atom stereocenters. The highest BCUT2D eigenvalue weighted by Crippen LogP contribution is 2.21. The third kappa shape index (κ3) is 1.99. The van der Waals surface area contributed by atoms with E-state index >= 15 is 0 Å². The molecule has 3 nitrogen and oxygen atoms in total. The van der Waals surface area contributed by atoms with E-state index < -0.39 is 0 Å². The quantitative estimate of drug-likeness (QED) is 0.849. The van der Waals surface area contributed by atoms with Crippen LogP contribution in [0.4, 0.5) is 5.82 Å². The Kier molecular flexibility index (Phi) is 3.06. The van der Waals surface area contributed by atoms with Crippen molar-refractivity contribution in [1.29, 1.82) is 0 Å². The van der Waals surface area contributed by atoms with E-state index in [-0.39, 0.29) is 0 Å². The maximum Gasteiger partial charge on any atom is 0.133 e. The number of aromatic nitrogens is 1. The first-order chi connectivity index (χ1) is 7.72. The van der Waals surface area contributed by atoms with Crippen molar-refractivity contribution in [2.24, 2.45) is 0 Å². The summed E-state index contributed by atoms with van der Waals surface area (Å²) in [4.78, 5) is 6.73. The molecule has 0 aliphatic carbocycles. The lowest BCUT2D eigenvalue weighted by Crippen LogP contribution is -2.16. The fraction of sp³-hybridized carbons (Fsp3) is 0.308. The van der Waals surface area contributed by atoms with E-state index in [2.05, 4.69) is 27.3 Å². The van der Waals surface area contributed by atoms with E-state index in [9.17, 15) is 0 Å². The summed E-state index contributed by atoms with van der Waals surface area (Å²) >= 11 is 0. The average molecular weight is 215 g/mol. The first kappa shape index (κ1) is 10.9. The Morgan fingerprint density at radius 3 is 2.69 bits per heavy atom. The van der Waals surface area contributed by atoms with Gasteiger partial charge in [0.1, 0.15) is 5.82 Å². The Morgan fingerprint density at radius 1 is 1.25 bits per heavy atom. The van der Waals surface area contributed by atoms with E-state index in [1.165, 1.54) is 10.9 Å². The van der Waals surface area contributed by atoms with Crippen LogP contribution in [0.2, 0.25) is 0 Å². The predicted octanol–water partition coefficient (Wildman–Crippen LogP) is 2.02. The number of para-hydroxylation sites is 1. The second-order valence-electron chi connectivity index (χ2n) is 4.09. The third-order valence-corrected chi connectivity index (χ3v) is 2.57. The van der Waals surface area contributed by atoms with E-state index in [1.54, 1.807) is 0 Å². The molecule has 3 heteroatoms. The SMILES string of the molecule is CNCc1cc2ccccc2nc1N(C)C. The normalized spacial score (nSPS) is 10.7. The Balaban J connectivity index is 2.61. The molecule has 2 rings (SSSR count). The number of benzene rings is 1. The lowest BCUT2D eigenvalue weighted by molar-refractivity contribution is 0.810. The average Bonchev–Trinajstić information content (AvgIpc) is 2.28. The maximum absolute atomic E-state index is 4.68. The smallest absolute Gasteiger partial charge is 0.133 e. The highest BCUT2D eigenvalue weighted by Gasteiger charge is 2.07. The van der Waals surface area contributed by atoms with Gasteiger partial charge in [-0.05, 0) is 19.2 Å². The summed E-state index contributed by atoms with van der Waals surface area (Å²) in [6, 6.07) is 10.4. The predicted molar refractivity (Wildman–Crippen MR) is 68.8 cm³/mol. The number of rotatable bonds is 3. The maximum atomic E-state index is 4.68. The Bertz CT molecular complexity index is 492. The van der Waals surface area contributed by atoms with Gasteiger partial charge in [0.15, 0.2) is 0 Å². The van der Waals surface area contributed by atoms with E-state index in [0.29, 0.717) is 0 Å². The number of hydrogen-bond donors (Lipinski definition) is 1. The van der Waals surface area contributed by atoms with Gasteiger partial charge in [0.05, 0.1) is 5.52 Å². The Morgan fingerprint density at radius 2 is 2.00 bits per heavy atom. The summed E-state index contributed by atoms with van der Waals surface area (Å²) < 4.78 is 0. The molecule has 0 aliphatic heterocycles. The molecule has 1 aromatic heterocycles. The van der Waals surface area contributed by atoms with Crippen LogP contribution in [0.5, 0.6) is 0 Å². The summed E-state index contributed by atoms with van der Waals surface area (Å²) in [7, 11) is 6.00. The van der Waals surface area contributed by atoms with Gasteiger partial charge in [0.2, 0.25) is 0 Å². The summed E-state index contributed by atoms with van der Waals surface area (Å²) in [5, 5.41) is 4.37. The minimum absolute atomic E-state index is 0.839. The summed E-state index contributed by atoms with van der Waals surface area (Å²) in [5.41, 5.74) is 2.28. The molecular formula is C13H17N3. The molecule has 1 aromatic carbocycles. The van der Waals surface area contributed by atoms with E-state index in [4.69, 9.17) is 0 Å². The topological polar surface area (TPSA) is 28.2 Å². The van der Waals surface area contributed by atoms with Crippen LogP contribution in [0.25, 0.3) is 10.9 Å². The first-order valence-corrected chi connectivity index (χ1v) is 5.43. The molecule has 16 heavy (non-hydrogen) atoms. The van der Waals surface area contributed by atoms with Gasteiger partial charge in [-0.2, -0.15) is 0 Å². The molecule has 0 atom stereocenters. The minimum Gasteiger partial charge on any atom is -0.362 e. The zero-order valence-electron chi connectivity index (χ0n) is 9.99. The molecule has 0 bridgehead atoms. The van der Waals surface area contributed by atoms with Crippen molar-refractivity contribution in [2.45, 2.75) is 6.54 Å². The second-order valence-corrected chi connectivity index (χ2v) is 4.09. The molecule has 1 heterocycles. The highest BCUT2D eigenvalue weighted by molar-refractivity contribution is 5.81. The van der Waals surface area contributed by atoms with Gasteiger partial charge in [-0.15, -0.1) is 0 Å². The number of nitrogens with one attached hydrogen (secondary N) is 1. The molecule has 0 amide bonds. The third-order valence-electron chi connectivity index (χ3n) is 2.57. The van der Waals surface area contributed by atoms with Crippen LogP contribution in [0.15, 0.2) is 30.3 Å².